The Balaban J connectivity index is 0. The molecule has 2 atom stereocenters. The smallest absolute Gasteiger partial charge is 0.325 e. The number of carboxylic acids is 2. The summed E-state index contributed by atoms with van der Waals surface area (Å²) in [7, 11) is 1.32. The molecule has 0 saturated carbocycles. The number of likely N-dealkylation sites (N-methyl/N-ethyl adjacent to an activating group) is 1. The first kappa shape index (κ1) is 22.6. The fourth-order valence-electron chi connectivity index (χ4n) is 1.70. The standard InChI is InChI=1S/C8H17O.C7H9NO5/c1-3-5-6-8(4-2)7-9;1-8-6(7(12)13)4(3-9)2-5(10)11/h8H,3-7H2,1-2H3;6,8H,2H2,1H3,(H,10,11)(H,12,13). The first-order valence-corrected chi connectivity index (χ1v) is 7.31. The van der Waals surface area contributed by atoms with Gasteiger partial charge >= 0.3 is 11.9 Å². The number of nitrogens with one attached hydrogen (secondary N) is 1. The number of carbonyl (C=O) groups excluding carboxylic acids is 1. The number of unbranched alkanes of at least 4 members (excludes halogenated alkanes) is 1. The average molecular weight is 316 g/mol. The van der Waals surface area contributed by atoms with Crippen molar-refractivity contribution in [3.63, 3.8) is 0 Å². The Morgan fingerprint density at radius 2 is 1.82 bits per heavy atom. The predicted molar refractivity (Wildman–Crippen MR) is 80.8 cm³/mol. The summed E-state index contributed by atoms with van der Waals surface area (Å²) in [5, 5.41) is 29.5. The molecule has 0 aromatic rings. The van der Waals surface area contributed by atoms with Crippen molar-refractivity contribution < 1.29 is 29.7 Å². The number of carbonyl (C=O) groups is 2. The fraction of sp³-hybridized carbons (Fsp3) is 0.733. The van der Waals surface area contributed by atoms with Gasteiger partial charge in [-0.3, -0.25) is 9.59 Å². The van der Waals surface area contributed by atoms with E-state index in [0.29, 0.717) is 5.92 Å². The van der Waals surface area contributed by atoms with E-state index >= 15 is 0 Å². The molecule has 3 N–H and O–H groups in total. The molecule has 0 aliphatic rings. The van der Waals surface area contributed by atoms with Gasteiger partial charge in [0.25, 0.3) is 0 Å². The Morgan fingerprint density at radius 3 is 2.09 bits per heavy atom. The second kappa shape index (κ2) is 14.3. The average Bonchev–Trinajstić information content (AvgIpc) is 2.48. The van der Waals surface area contributed by atoms with Gasteiger partial charge in [-0.05, 0) is 19.4 Å². The van der Waals surface area contributed by atoms with Crippen LogP contribution in [-0.2, 0) is 19.5 Å². The summed E-state index contributed by atoms with van der Waals surface area (Å²) in [5.74, 6) is -0.810. The molecule has 0 saturated heterocycles. The van der Waals surface area contributed by atoms with E-state index in [-0.39, 0.29) is 12.2 Å². The van der Waals surface area contributed by atoms with Gasteiger partial charge in [-0.25, -0.2) is 9.90 Å². The van der Waals surface area contributed by atoms with E-state index in [0.717, 1.165) is 12.8 Å². The lowest BCUT2D eigenvalue weighted by atomic mass is 10.0. The maximum atomic E-state index is 10.5. The van der Waals surface area contributed by atoms with E-state index in [2.05, 4.69) is 19.2 Å². The molecule has 22 heavy (non-hydrogen) atoms. The van der Waals surface area contributed by atoms with Crippen molar-refractivity contribution in [2.24, 2.45) is 5.92 Å². The number of hydrogen-bond acceptors (Lipinski definition) is 4. The molecule has 0 fully saturated rings. The van der Waals surface area contributed by atoms with E-state index < -0.39 is 24.4 Å². The van der Waals surface area contributed by atoms with Crippen LogP contribution in [0.1, 0.15) is 46.0 Å². The highest BCUT2D eigenvalue weighted by atomic mass is 16.4. The van der Waals surface area contributed by atoms with Gasteiger partial charge in [0.1, 0.15) is 12.0 Å². The molecule has 127 valence electrons. The number of aliphatic carboxylic acids is 2. The summed E-state index contributed by atoms with van der Waals surface area (Å²) in [5.41, 5.74) is -0.331. The van der Waals surface area contributed by atoms with Gasteiger partial charge in [0.05, 0.1) is 18.6 Å². The molecular weight excluding hydrogens is 290 g/mol. The highest BCUT2D eigenvalue weighted by molar-refractivity contribution is 5.85. The monoisotopic (exact) mass is 316 g/mol. The Labute approximate surface area is 131 Å². The molecule has 0 aliphatic carbocycles. The van der Waals surface area contributed by atoms with Crippen molar-refractivity contribution in [2.45, 2.75) is 52.0 Å². The third-order valence-electron chi connectivity index (χ3n) is 3.14. The molecule has 0 rings (SSSR count). The minimum Gasteiger partial charge on any atom is -0.481 e. The SMILES string of the molecule is CCCCC(CC)C[O].CNC(C(=O)O)C(=C=O)CC(=O)O. The summed E-state index contributed by atoms with van der Waals surface area (Å²) in [6.45, 7) is 4.38. The summed E-state index contributed by atoms with van der Waals surface area (Å²) in [4.78, 5) is 30.9. The molecular formula is C15H26NO6. The Kier molecular flexibility index (Phi) is 14.6. The van der Waals surface area contributed by atoms with E-state index in [9.17, 15) is 19.5 Å². The van der Waals surface area contributed by atoms with Crippen LogP contribution < -0.4 is 5.32 Å². The molecule has 7 nitrogen and oxygen atoms in total. The van der Waals surface area contributed by atoms with E-state index in [1.165, 1.54) is 25.8 Å². The first-order valence-electron chi connectivity index (χ1n) is 7.31. The molecule has 0 aliphatic heterocycles. The van der Waals surface area contributed by atoms with E-state index in [1.54, 1.807) is 0 Å². The van der Waals surface area contributed by atoms with Gasteiger partial charge in [0.15, 0.2) is 0 Å². The zero-order chi connectivity index (χ0) is 17.5. The van der Waals surface area contributed by atoms with Crippen LogP contribution in [0.25, 0.3) is 0 Å². The first-order chi connectivity index (χ1) is 10.4. The summed E-state index contributed by atoms with van der Waals surface area (Å²) in [6, 6.07) is -1.28. The molecule has 1 radical (unpaired) electrons. The summed E-state index contributed by atoms with van der Waals surface area (Å²) < 4.78 is 0. The van der Waals surface area contributed by atoms with E-state index in [4.69, 9.17) is 10.2 Å². The van der Waals surface area contributed by atoms with Crippen LogP contribution in [0.3, 0.4) is 0 Å². The van der Waals surface area contributed by atoms with Crippen LogP contribution in [0.4, 0.5) is 0 Å². The largest absolute Gasteiger partial charge is 0.481 e. The predicted octanol–water partition coefficient (Wildman–Crippen LogP) is 1.52. The minimum atomic E-state index is -1.30. The Morgan fingerprint density at radius 1 is 1.23 bits per heavy atom. The molecule has 0 bridgehead atoms. The second-order valence-electron chi connectivity index (χ2n) is 4.84. The maximum Gasteiger partial charge on any atom is 0.325 e. The summed E-state index contributed by atoms with van der Waals surface area (Å²) in [6.07, 6.45) is 4.01. The lowest BCUT2D eigenvalue weighted by Crippen LogP contribution is -2.36. The topological polar surface area (TPSA) is 124 Å². The van der Waals surface area contributed by atoms with Crippen molar-refractivity contribution in [1.29, 1.82) is 0 Å². The van der Waals surface area contributed by atoms with Gasteiger partial charge in [-0.2, -0.15) is 0 Å². The molecule has 0 heterocycles. The van der Waals surface area contributed by atoms with Crippen molar-refractivity contribution in [3.8, 4) is 0 Å². The Hall–Kier alpha value is -1.69. The summed E-state index contributed by atoms with van der Waals surface area (Å²) >= 11 is 0. The lowest BCUT2D eigenvalue weighted by Gasteiger charge is -2.09. The second-order valence-corrected chi connectivity index (χ2v) is 4.84. The van der Waals surface area contributed by atoms with E-state index in [1.807, 2.05) is 0 Å². The van der Waals surface area contributed by atoms with Crippen LogP contribution >= 0.6 is 0 Å². The molecule has 0 spiro atoms. The molecule has 0 aromatic carbocycles. The quantitative estimate of drug-likeness (QED) is 0.525. The van der Waals surface area contributed by atoms with Crippen molar-refractivity contribution >= 4 is 17.9 Å². The lowest BCUT2D eigenvalue weighted by molar-refractivity contribution is -0.138. The molecule has 0 aromatic heterocycles. The zero-order valence-electron chi connectivity index (χ0n) is 13.4. The Bertz CT molecular complexity index is 372. The highest BCUT2D eigenvalue weighted by Crippen LogP contribution is 2.10. The van der Waals surface area contributed by atoms with Crippen LogP contribution in [-0.4, -0.2) is 47.8 Å². The zero-order valence-corrected chi connectivity index (χ0v) is 13.4. The number of carboxylic acid groups (broad SMARTS) is 2. The van der Waals surface area contributed by atoms with Crippen molar-refractivity contribution in [2.75, 3.05) is 13.7 Å². The normalized spacial score (nSPS) is 12.4. The molecule has 0 amide bonds. The fourth-order valence-corrected chi connectivity index (χ4v) is 1.70. The minimum absolute atomic E-state index is 0.122. The maximum absolute atomic E-state index is 10.5. The van der Waals surface area contributed by atoms with Crippen LogP contribution in [0.5, 0.6) is 0 Å². The van der Waals surface area contributed by atoms with Crippen LogP contribution in [0, 0.1) is 5.92 Å². The van der Waals surface area contributed by atoms with Crippen LogP contribution in [0.15, 0.2) is 5.57 Å². The third-order valence-corrected chi connectivity index (χ3v) is 3.14. The molecule has 7 heteroatoms. The number of rotatable bonds is 10. The highest BCUT2D eigenvalue weighted by Gasteiger charge is 2.23. The van der Waals surface area contributed by atoms with Gasteiger partial charge in [0, 0.05) is 0 Å². The van der Waals surface area contributed by atoms with Gasteiger partial charge in [-0.15, -0.1) is 0 Å². The van der Waals surface area contributed by atoms with Gasteiger partial charge < -0.3 is 15.5 Å². The van der Waals surface area contributed by atoms with Gasteiger partial charge in [-0.1, -0.05) is 33.1 Å². The molecule has 2 unspecified atom stereocenters. The van der Waals surface area contributed by atoms with Crippen molar-refractivity contribution in [1.82, 2.24) is 5.32 Å². The van der Waals surface area contributed by atoms with Crippen molar-refractivity contribution in [3.05, 3.63) is 5.57 Å². The van der Waals surface area contributed by atoms with Crippen LogP contribution in [0.2, 0.25) is 0 Å². The third kappa shape index (κ3) is 11.0. The number of hydrogen-bond donors (Lipinski definition) is 3. The van der Waals surface area contributed by atoms with Gasteiger partial charge in [0.2, 0.25) is 0 Å².